The molecule has 1 aromatic carbocycles. The highest BCUT2D eigenvalue weighted by Crippen LogP contribution is 2.37. The van der Waals surface area contributed by atoms with Gasteiger partial charge in [-0.3, -0.25) is 0 Å². The van der Waals surface area contributed by atoms with Gasteiger partial charge < -0.3 is 14.0 Å². The van der Waals surface area contributed by atoms with Gasteiger partial charge >= 0.3 is 7.12 Å². The third-order valence-electron chi connectivity index (χ3n) is 4.10. The van der Waals surface area contributed by atoms with Crippen LogP contribution in [0.5, 0.6) is 5.75 Å². The first-order chi connectivity index (χ1) is 9.68. The first-order valence-electron chi connectivity index (χ1n) is 7.08. The van der Waals surface area contributed by atoms with Crippen LogP contribution in [0, 0.1) is 0 Å². The number of halogens is 2. The van der Waals surface area contributed by atoms with Gasteiger partial charge in [-0.05, 0) is 40.7 Å². The number of hydrogen-bond acceptors (Lipinski definition) is 3. The normalized spacial score (nSPS) is 20.1. The van der Waals surface area contributed by atoms with E-state index in [9.17, 15) is 8.78 Å². The first kappa shape index (κ1) is 16.2. The summed E-state index contributed by atoms with van der Waals surface area (Å²) in [5.74, 6) is 0.383. The number of benzene rings is 1. The van der Waals surface area contributed by atoms with E-state index in [1.54, 1.807) is 6.07 Å². The van der Waals surface area contributed by atoms with Gasteiger partial charge in [-0.15, -0.1) is 0 Å². The zero-order chi connectivity index (χ0) is 15.8. The Labute approximate surface area is 124 Å². The Morgan fingerprint density at radius 3 is 2.19 bits per heavy atom. The lowest BCUT2D eigenvalue weighted by molar-refractivity contribution is 0.00578. The minimum atomic E-state index is -2.53. The van der Waals surface area contributed by atoms with Crippen LogP contribution in [0.15, 0.2) is 18.2 Å². The minimum absolute atomic E-state index is 0.0706. The monoisotopic (exact) mass is 298 g/mol. The molecule has 0 unspecified atom stereocenters. The van der Waals surface area contributed by atoms with E-state index >= 15 is 0 Å². The van der Waals surface area contributed by atoms with Crippen LogP contribution in [0.25, 0.3) is 0 Å². The van der Waals surface area contributed by atoms with Crippen LogP contribution in [0.3, 0.4) is 0 Å². The van der Waals surface area contributed by atoms with Crippen molar-refractivity contribution in [1.29, 1.82) is 0 Å². The van der Waals surface area contributed by atoms with E-state index in [0.29, 0.717) is 17.8 Å². The molecular formula is C15H21BF2O3. The van der Waals surface area contributed by atoms with E-state index in [0.717, 1.165) is 0 Å². The maximum absolute atomic E-state index is 12.8. The third-order valence-corrected chi connectivity index (χ3v) is 4.10. The van der Waals surface area contributed by atoms with Crippen molar-refractivity contribution < 1.29 is 22.8 Å². The molecule has 0 bridgehead atoms. The molecule has 0 amide bonds. The summed E-state index contributed by atoms with van der Waals surface area (Å²) in [5.41, 5.74) is -0.399. The van der Waals surface area contributed by atoms with E-state index in [1.165, 1.54) is 12.1 Å². The summed E-state index contributed by atoms with van der Waals surface area (Å²) in [6.07, 6.45) is -2.53. The molecule has 3 nitrogen and oxygen atoms in total. The van der Waals surface area contributed by atoms with Gasteiger partial charge in [0, 0.05) is 11.0 Å². The van der Waals surface area contributed by atoms with Crippen molar-refractivity contribution in [1.82, 2.24) is 0 Å². The van der Waals surface area contributed by atoms with E-state index in [1.807, 2.05) is 34.6 Å². The maximum Gasteiger partial charge on any atom is 0.498 e. The van der Waals surface area contributed by atoms with E-state index in [-0.39, 0.29) is 5.56 Å². The van der Waals surface area contributed by atoms with E-state index < -0.39 is 24.7 Å². The highest BCUT2D eigenvalue weighted by Gasteiger charge is 2.52. The topological polar surface area (TPSA) is 27.7 Å². The minimum Gasteiger partial charge on any atom is -0.494 e. The molecule has 0 radical (unpaired) electrons. The Hall–Kier alpha value is -1.14. The van der Waals surface area contributed by atoms with Gasteiger partial charge in [-0.1, -0.05) is 12.1 Å². The van der Waals surface area contributed by atoms with Gasteiger partial charge in [0.05, 0.1) is 17.8 Å². The summed E-state index contributed by atoms with van der Waals surface area (Å²) in [6.45, 7) is 9.98. The van der Waals surface area contributed by atoms with Gasteiger partial charge in [-0.2, -0.15) is 0 Å². The average molecular weight is 298 g/mol. The largest absolute Gasteiger partial charge is 0.498 e. The quantitative estimate of drug-likeness (QED) is 0.798. The predicted octanol–water partition coefficient (Wildman–Crippen LogP) is 3.32. The van der Waals surface area contributed by atoms with Crippen molar-refractivity contribution in [3.63, 3.8) is 0 Å². The summed E-state index contributed by atoms with van der Waals surface area (Å²) >= 11 is 0. The van der Waals surface area contributed by atoms with Gasteiger partial charge in [0.15, 0.2) is 0 Å². The lowest BCUT2D eigenvalue weighted by atomic mass is 9.78. The van der Waals surface area contributed by atoms with Crippen LogP contribution >= 0.6 is 0 Å². The molecule has 0 aliphatic carbocycles. The fourth-order valence-electron chi connectivity index (χ4n) is 2.13. The Balaban J connectivity index is 2.36. The summed E-state index contributed by atoms with van der Waals surface area (Å²) in [7, 11) is -0.622. The molecule has 0 aromatic heterocycles. The second-order valence-electron chi connectivity index (χ2n) is 6.12. The van der Waals surface area contributed by atoms with E-state index in [2.05, 4.69) is 0 Å². The molecule has 1 aromatic rings. The van der Waals surface area contributed by atoms with Crippen LogP contribution < -0.4 is 10.2 Å². The molecule has 0 atom stereocenters. The third kappa shape index (κ3) is 3.06. The highest BCUT2D eigenvalue weighted by molar-refractivity contribution is 6.63. The fraction of sp³-hybridized carbons (Fsp3) is 0.600. The Kier molecular flexibility index (Phi) is 4.31. The van der Waals surface area contributed by atoms with Crippen LogP contribution in [0.2, 0.25) is 0 Å². The second kappa shape index (κ2) is 5.57. The van der Waals surface area contributed by atoms with E-state index in [4.69, 9.17) is 14.0 Å². The predicted molar refractivity (Wildman–Crippen MR) is 78.3 cm³/mol. The van der Waals surface area contributed by atoms with Gasteiger partial charge in [-0.25, -0.2) is 8.78 Å². The standard InChI is InChI=1S/C15H21BF2O3/c1-6-19-12-9-10(13(17)18)7-8-11(12)16-20-14(2,3)15(4,5)21-16/h7-9,13H,6H2,1-5H3. The molecule has 116 valence electrons. The van der Waals surface area contributed by atoms with Gasteiger partial charge in [0.2, 0.25) is 0 Å². The van der Waals surface area contributed by atoms with Gasteiger partial charge in [0.1, 0.15) is 5.75 Å². The summed E-state index contributed by atoms with van der Waals surface area (Å²) in [5, 5.41) is 0. The number of hydrogen-bond donors (Lipinski definition) is 0. The lowest BCUT2D eigenvalue weighted by Gasteiger charge is -2.32. The molecule has 0 saturated carbocycles. The summed E-state index contributed by atoms with van der Waals surface area (Å²) < 4.78 is 43.0. The van der Waals surface area contributed by atoms with Crippen molar-refractivity contribution in [2.45, 2.75) is 52.2 Å². The number of ether oxygens (including phenoxy) is 1. The molecule has 2 rings (SSSR count). The van der Waals surface area contributed by atoms with Crippen molar-refractivity contribution in [3.8, 4) is 5.75 Å². The molecule has 1 fully saturated rings. The average Bonchev–Trinajstić information content (AvgIpc) is 2.58. The zero-order valence-corrected chi connectivity index (χ0v) is 13.1. The number of alkyl halides is 2. The van der Waals surface area contributed by atoms with Crippen molar-refractivity contribution in [2.24, 2.45) is 0 Å². The van der Waals surface area contributed by atoms with Crippen LogP contribution in [0.4, 0.5) is 8.78 Å². The van der Waals surface area contributed by atoms with Crippen LogP contribution in [0.1, 0.15) is 46.6 Å². The molecule has 0 N–H and O–H groups in total. The number of rotatable bonds is 4. The first-order valence-corrected chi connectivity index (χ1v) is 7.08. The molecule has 0 spiro atoms. The Morgan fingerprint density at radius 1 is 1.14 bits per heavy atom. The SMILES string of the molecule is CCOc1cc(C(F)F)ccc1B1OC(C)(C)C(C)(C)O1. The summed E-state index contributed by atoms with van der Waals surface area (Å²) in [4.78, 5) is 0. The van der Waals surface area contributed by atoms with Crippen molar-refractivity contribution >= 4 is 12.6 Å². The van der Waals surface area contributed by atoms with Gasteiger partial charge in [0.25, 0.3) is 6.43 Å². The van der Waals surface area contributed by atoms with Crippen molar-refractivity contribution in [2.75, 3.05) is 6.61 Å². The molecule has 21 heavy (non-hydrogen) atoms. The molecule has 1 heterocycles. The van der Waals surface area contributed by atoms with Crippen LogP contribution in [-0.4, -0.2) is 24.9 Å². The Morgan fingerprint density at radius 2 is 1.71 bits per heavy atom. The van der Waals surface area contributed by atoms with Crippen LogP contribution in [-0.2, 0) is 9.31 Å². The molecule has 1 aliphatic heterocycles. The lowest BCUT2D eigenvalue weighted by Crippen LogP contribution is -2.41. The zero-order valence-electron chi connectivity index (χ0n) is 13.1. The van der Waals surface area contributed by atoms with Crippen molar-refractivity contribution in [3.05, 3.63) is 23.8 Å². The molecule has 6 heteroatoms. The highest BCUT2D eigenvalue weighted by atomic mass is 19.3. The second-order valence-corrected chi connectivity index (χ2v) is 6.12. The fourth-order valence-corrected chi connectivity index (χ4v) is 2.13. The Bertz CT molecular complexity index is 502. The smallest absolute Gasteiger partial charge is 0.494 e. The molecule has 1 aliphatic rings. The summed E-state index contributed by atoms with van der Waals surface area (Å²) in [6, 6.07) is 4.33. The molecular weight excluding hydrogens is 277 g/mol. The molecule has 1 saturated heterocycles. The maximum atomic E-state index is 12.8.